The largest absolute Gasteiger partial charge is 0.451 e. The van der Waals surface area contributed by atoms with E-state index in [0.717, 1.165) is 31.1 Å². The van der Waals surface area contributed by atoms with Crippen molar-refractivity contribution >= 4 is 28.4 Å². The molecule has 0 saturated heterocycles. The molecule has 0 aliphatic heterocycles. The fourth-order valence-corrected chi connectivity index (χ4v) is 2.95. The summed E-state index contributed by atoms with van der Waals surface area (Å²) in [5.74, 6) is 0.543. The Morgan fingerprint density at radius 2 is 2.00 bits per heavy atom. The van der Waals surface area contributed by atoms with Gasteiger partial charge in [-0.15, -0.1) is 0 Å². The number of ketones is 1. The van der Waals surface area contributed by atoms with Gasteiger partial charge in [-0.25, -0.2) is 0 Å². The number of carbonyl (C=O) groups excluding carboxylic acids is 1. The molecule has 1 aliphatic carbocycles. The molecule has 0 unspecified atom stereocenters. The zero-order valence-corrected chi connectivity index (χ0v) is 11.3. The average Bonchev–Trinajstić information content (AvgIpc) is 2.84. The minimum absolute atomic E-state index is 0.0409. The summed E-state index contributed by atoms with van der Waals surface area (Å²) >= 11 is 6.06. The number of carbonyl (C=O) groups is 1. The van der Waals surface area contributed by atoms with Crippen LogP contribution in [0.4, 0.5) is 0 Å². The standard InChI is InChI=1S/C15H16ClNO2/c16-12-3-1-2-10-8-13(19-15(10)12)14(18)9-4-6-11(17)7-5-9/h1-3,8-9,11H,4-7,17H2. The van der Waals surface area contributed by atoms with Crippen molar-refractivity contribution in [2.45, 2.75) is 31.7 Å². The lowest BCUT2D eigenvalue weighted by molar-refractivity contribution is 0.0858. The van der Waals surface area contributed by atoms with Crippen LogP contribution in [0.5, 0.6) is 0 Å². The molecule has 1 aromatic carbocycles. The van der Waals surface area contributed by atoms with Gasteiger partial charge >= 0.3 is 0 Å². The van der Waals surface area contributed by atoms with Gasteiger partial charge in [-0.1, -0.05) is 23.7 Å². The van der Waals surface area contributed by atoms with Crippen molar-refractivity contribution in [3.8, 4) is 0 Å². The third-order valence-corrected chi connectivity index (χ3v) is 4.18. The van der Waals surface area contributed by atoms with E-state index >= 15 is 0 Å². The molecular formula is C15H16ClNO2. The summed E-state index contributed by atoms with van der Waals surface area (Å²) in [5, 5.41) is 1.42. The summed E-state index contributed by atoms with van der Waals surface area (Å²) in [7, 11) is 0. The summed E-state index contributed by atoms with van der Waals surface area (Å²) in [6.07, 6.45) is 3.53. The van der Waals surface area contributed by atoms with Crippen LogP contribution < -0.4 is 5.73 Å². The highest BCUT2D eigenvalue weighted by Gasteiger charge is 2.27. The lowest BCUT2D eigenvalue weighted by atomic mass is 9.83. The summed E-state index contributed by atoms with van der Waals surface area (Å²) in [5.41, 5.74) is 6.46. The van der Waals surface area contributed by atoms with E-state index in [-0.39, 0.29) is 17.7 Å². The monoisotopic (exact) mass is 277 g/mol. The summed E-state index contributed by atoms with van der Waals surface area (Å²) in [4.78, 5) is 12.4. The molecular weight excluding hydrogens is 262 g/mol. The number of rotatable bonds is 2. The SMILES string of the molecule is NC1CCC(C(=O)c2cc3cccc(Cl)c3o2)CC1. The highest BCUT2D eigenvalue weighted by molar-refractivity contribution is 6.34. The van der Waals surface area contributed by atoms with Crippen LogP contribution in [0.2, 0.25) is 5.02 Å². The molecule has 1 aromatic heterocycles. The second-order valence-corrected chi connectivity index (χ2v) is 5.65. The number of halogens is 1. The van der Waals surface area contributed by atoms with E-state index in [0.29, 0.717) is 16.4 Å². The molecule has 19 heavy (non-hydrogen) atoms. The normalized spacial score (nSPS) is 23.7. The molecule has 3 nitrogen and oxygen atoms in total. The zero-order chi connectivity index (χ0) is 13.4. The second kappa shape index (κ2) is 4.99. The predicted molar refractivity (Wildman–Crippen MR) is 75.5 cm³/mol. The van der Waals surface area contributed by atoms with Gasteiger partial charge in [0, 0.05) is 17.3 Å². The fraction of sp³-hybridized carbons (Fsp3) is 0.400. The van der Waals surface area contributed by atoms with Gasteiger partial charge in [0.2, 0.25) is 5.78 Å². The van der Waals surface area contributed by atoms with E-state index in [4.69, 9.17) is 21.8 Å². The third-order valence-electron chi connectivity index (χ3n) is 3.88. The number of para-hydroxylation sites is 1. The maximum absolute atomic E-state index is 12.4. The first-order valence-corrected chi connectivity index (χ1v) is 7.01. The Morgan fingerprint density at radius 1 is 1.26 bits per heavy atom. The minimum Gasteiger partial charge on any atom is -0.451 e. The van der Waals surface area contributed by atoms with Gasteiger partial charge in [-0.2, -0.15) is 0 Å². The molecule has 0 amide bonds. The highest BCUT2D eigenvalue weighted by atomic mass is 35.5. The maximum atomic E-state index is 12.4. The lowest BCUT2D eigenvalue weighted by Crippen LogP contribution is -2.29. The molecule has 0 radical (unpaired) electrons. The van der Waals surface area contributed by atoms with Crippen LogP contribution in [-0.4, -0.2) is 11.8 Å². The Bertz CT molecular complexity index is 612. The van der Waals surface area contributed by atoms with Crippen molar-refractivity contribution < 1.29 is 9.21 Å². The molecule has 1 aliphatic rings. The molecule has 1 fully saturated rings. The quantitative estimate of drug-likeness (QED) is 0.850. The maximum Gasteiger partial charge on any atom is 0.201 e. The third kappa shape index (κ3) is 2.40. The van der Waals surface area contributed by atoms with Crippen LogP contribution in [0.25, 0.3) is 11.0 Å². The first-order valence-electron chi connectivity index (χ1n) is 6.63. The number of nitrogens with two attached hydrogens (primary N) is 1. The number of benzene rings is 1. The second-order valence-electron chi connectivity index (χ2n) is 5.24. The van der Waals surface area contributed by atoms with Crippen LogP contribution in [0, 0.1) is 5.92 Å². The van der Waals surface area contributed by atoms with Crippen molar-refractivity contribution in [3.63, 3.8) is 0 Å². The van der Waals surface area contributed by atoms with Crippen molar-refractivity contribution in [1.82, 2.24) is 0 Å². The van der Waals surface area contributed by atoms with Crippen LogP contribution in [-0.2, 0) is 0 Å². The minimum atomic E-state index is 0.0409. The lowest BCUT2D eigenvalue weighted by Gasteiger charge is -2.24. The first-order chi connectivity index (χ1) is 9.15. The van der Waals surface area contributed by atoms with Gasteiger partial charge in [0.25, 0.3) is 0 Å². The van der Waals surface area contributed by atoms with Crippen LogP contribution in [0.1, 0.15) is 36.2 Å². The van der Waals surface area contributed by atoms with Crippen molar-refractivity contribution in [3.05, 3.63) is 35.0 Å². The van der Waals surface area contributed by atoms with E-state index in [2.05, 4.69) is 0 Å². The van der Waals surface area contributed by atoms with Crippen molar-refractivity contribution in [1.29, 1.82) is 0 Å². The van der Waals surface area contributed by atoms with Gasteiger partial charge in [0.05, 0.1) is 5.02 Å². The number of fused-ring (bicyclic) bond motifs is 1. The molecule has 1 saturated carbocycles. The zero-order valence-electron chi connectivity index (χ0n) is 10.6. The predicted octanol–water partition coefficient (Wildman–Crippen LogP) is 3.79. The molecule has 100 valence electrons. The molecule has 1 heterocycles. The van der Waals surface area contributed by atoms with Crippen molar-refractivity contribution in [2.24, 2.45) is 11.7 Å². The van der Waals surface area contributed by atoms with E-state index < -0.39 is 0 Å². The molecule has 0 spiro atoms. The average molecular weight is 278 g/mol. The van der Waals surface area contributed by atoms with E-state index in [9.17, 15) is 4.79 Å². The summed E-state index contributed by atoms with van der Waals surface area (Å²) < 4.78 is 5.63. The first kappa shape index (κ1) is 12.7. The van der Waals surface area contributed by atoms with Crippen molar-refractivity contribution in [2.75, 3.05) is 0 Å². The number of Topliss-reactive ketones (excluding diaryl/α,β-unsaturated/α-hetero) is 1. The van der Waals surface area contributed by atoms with Gasteiger partial charge < -0.3 is 10.2 Å². The summed E-state index contributed by atoms with van der Waals surface area (Å²) in [6.45, 7) is 0. The van der Waals surface area contributed by atoms with E-state index in [1.807, 2.05) is 12.1 Å². The molecule has 3 rings (SSSR count). The van der Waals surface area contributed by atoms with Crippen LogP contribution in [0.15, 0.2) is 28.7 Å². The molecule has 2 N–H and O–H groups in total. The van der Waals surface area contributed by atoms with Gasteiger partial charge in [-0.05, 0) is 37.8 Å². The van der Waals surface area contributed by atoms with Gasteiger partial charge in [0.15, 0.2) is 11.3 Å². The molecule has 0 atom stereocenters. The Labute approximate surface area is 116 Å². The Kier molecular flexibility index (Phi) is 3.33. The fourth-order valence-electron chi connectivity index (χ4n) is 2.73. The Balaban J connectivity index is 1.87. The highest BCUT2D eigenvalue weighted by Crippen LogP contribution is 2.31. The smallest absolute Gasteiger partial charge is 0.201 e. The van der Waals surface area contributed by atoms with E-state index in [1.54, 1.807) is 12.1 Å². The summed E-state index contributed by atoms with van der Waals surface area (Å²) in [6, 6.07) is 7.56. The van der Waals surface area contributed by atoms with Crippen LogP contribution >= 0.6 is 11.6 Å². The van der Waals surface area contributed by atoms with Gasteiger partial charge in [0.1, 0.15) is 0 Å². The number of hydrogen-bond donors (Lipinski definition) is 1. The number of hydrogen-bond acceptors (Lipinski definition) is 3. The van der Waals surface area contributed by atoms with Crippen LogP contribution in [0.3, 0.4) is 0 Å². The molecule has 0 bridgehead atoms. The topological polar surface area (TPSA) is 56.2 Å². The van der Waals surface area contributed by atoms with Gasteiger partial charge in [-0.3, -0.25) is 4.79 Å². The molecule has 4 heteroatoms. The Hall–Kier alpha value is -1.32. The molecule has 2 aromatic rings. The Morgan fingerprint density at radius 3 is 2.68 bits per heavy atom. The number of furan rings is 1. The van der Waals surface area contributed by atoms with E-state index in [1.165, 1.54) is 0 Å².